The van der Waals surface area contributed by atoms with Crippen LogP contribution in [-0.4, -0.2) is 40.3 Å². The first kappa shape index (κ1) is 18.6. The zero-order chi connectivity index (χ0) is 18.9. The standard InChI is InChI=1S/C19H19N5O.CH4O/c1-2-10-20-17(5-1)23-15-6-8-16(9-7-15)25-19-18(21-11-12-22-19)24-13-3-4-14-24;1-2/h1-2,5-12H,3-4,13-14H2,(H,20,23);2H,1H3. The lowest BCUT2D eigenvalue weighted by atomic mass is 10.3. The van der Waals surface area contributed by atoms with E-state index >= 15 is 0 Å². The van der Waals surface area contributed by atoms with Gasteiger partial charge in [0.1, 0.15) is 11.6 Å². The lowest BCUT2D eigenvalue weighted by Gasteiger charge is -2.18. The molecule has 1 saturated heterocycles. The molecule has 2 N–H and O–H groups in total. The van der Waals surface area contributed by atoms with Crippen molar-refractivity contribution in [3.05, 3.63) is 61.1 Å². The summed E-state index contributed by atoms with van der Waals surface area (Å²) < 4.78 is 5.97. The minimum atomic E-state index is 0.551. The molecule has 0 atom stereocenters. The molecule has 1 aromatic carbocycles. The molecule has 0 aliphatic carbocycles. The van der Waals surface area contributed by atoms with E-state index in [-0.39, 0.29) is 0 Å². The molecule has 7 nitrogen and oxygen atoms in total. The third-order valence-corrected chi connectivity index (χ3v) is 4.06. The molecular weight excluding hydrogens is 342 g/mol. The van der Waals surface area contributed by atoms with E-state index in [0.29, 0.717) is 5.88 Å². The van der Waals surface area contributed by atoms with Gasteiger partial charge in [0.25, 0.3) is 5.88 Å². The van der Waals surface area contributed by atoms with Gasteiger partial charge in [0, 0.05) is 44.5 Å². The maximum Gasteiger partial charge on any atom is 0.263 e. The number of ether oxygens (including phenoxy) is 1. The van der Waals surface area contributed by atoms with Gasteiger partial charge in [-0.2, -0.15) is 0 Å². The summed E-state index contributed by atoms with van der Waals surface area (Å²) in [6, 6.07) is 13.5. The molecule has 0 amide bonds. The average Bonchev–Trinajstić information content (AvgIpc) is 3.27. The molecule has 140 valence electrons. The van der Waals surface area contributed by atoms with Crippen LogP contribution in [0.2, 0.25) is 0 Å². The summed E-state index contributed by atoms with van der Waals surface area (Å²) in [7, 11) is 1.00. The van der Waals surface area contributed by atoms with E-state index in [4.69, 9.17) is 9.84 Å². The summed E-state index contributed by atoms with van der Waals surface area (Å²) in [6.45, 7) is 2.00. The van der Waals surface area contributed by atoms with Crippen molar-refractivity contribution < 1.29 is 9.84 Å². The smallest absolute Gasteiger partial charge is 0.263 e. The van der Waals surface area contributed by atoms with Gasteiger partial charge in [-0.05, 0) is 49.2 Å². The Morgan fingerprint density at radius 3 is 2.33 bits per heavy atom. The van der Waals surface area contributed by atoms with Gasteiger partial charge in [0.05, 0.1) is 0 Å². The molecule has 0 radical (unpaired) electrons. The van der Waals surface area contributed by atoms with E-state index in [1.54, 1.807) is 18.6 Å². The van der Waals surface area contributed by atoms with Crippen LogP contribution < -0.4 is 15.0 Å². The van der Waals surface area contributed by atoms with Crippen LogP contribution in [0.4, 0.5) is 17.3 Å². The Morgan fingerprint density at radius 2 is 1.63 bits per heavy atom. The number of aliphatic hydroxyl groups is 1. The Labute approximate surface area is 158 Å². The lowest BCUT2D eigenvalue weighted by molar-refractivity contribution is 0.399. The van der Waals surface area contributed by atoms with E-state index < -0.39 is 0 Å². The molecule has 0 saturated carbocycles. The number of pyridine rings is 1. The fraction of sp³-hybridized carbons (Fsp3) is 0.250. The third-order valence-electron chi connectivity index (χ3n) is 4.06. The molecule has 1 aliphatic rings. The van der Waals surface area contributed by atoms with Crippen LogP contribution in [0.3, 0.4) is 0 Å². The van der Waals surface area contributed by atoms with Gasteiger partial charge in [0.2, 0.25) is 0 Å². The summed E-state index contributed by atoms with van der Waals surface area (Å²) >= 11 is 0. The van der Waals surface area contributed by atoms with Crippen molar-refractivity contribution in [2.24, 2.45) is 0 Å². The number of aliphatic hydroxyl groups excluding tert-OH is 1. The van der Waals surface area contributed by atoms with Gasteiger partial charge < -0.3 is 20.1 Å². The van der Waals surface area contributed by atoms with Crippen molar-refractivity contribution in [2.75, 3.05) is 30.4 Å². The van der Waals surface area contributed by atoms with Crippen LogP contribution >= 0.6 is 0 Å². The lowest BCUT2D eigenvalue weighted by Crippen LogP contribution is -2.20. The van der Waals surface area contributed by atoms with Crippen LogP contribution in [0.1, 0.15) is 12.8 Å². The molecule has 3 aromatic rings. The largest absolute Gasteiger partial charge is 0.436 e. The number of aromatic nitrogens is 3. The molecule has 2 aromatic heterocycles. The van der Waals surface area contributed by atoms with Gasteiger partial charge in [-0.3, -0.25) is 0 Å². The molecule has 1 aliphatic heterocycles. The van der Waals surface area contributed by atoms with Gasteiger partial charge >= 0.3 is 0 Å². The monoisotopic (exact) mass is 365 g/mol. The quantitative estimate of drug-likeness (QED) is 0.714. The highest BCUT2D eigenvalue weighted by atomic mass is 16.5. The Kier molecular flexibility index (Phi) is 6.54. The Bertz CT molecular complexity index is 821. The second-order valence-corrected chi connectivity index (χ2v) is 5.85. The van der Waals surface area contributed by atoms with Crippen molar-refractivity contribution in [3.63, 3.8) is 0 Å². The predicted octanol–water partition coefficient (Wildman–Crippen LogP) is 3.62. The number of rotatable bonds is 5. The zero-order valence-corrected chi connectivity index (χ0v) is 15.2. The average molecular weight is 365 g/mol. The molecule has 27 heavy (non-hydrogen) atoms. The number of hydrogen-bond acceptors (Lipinski definition) is 7. The number of benzene rings is 1. The molecule has 0 unspecified atom stereocenters. The third kappa shape index (κ3) is 4.92. The van der Waals surface area contributed by atoms with Gasteiger partial charge in [-0.1, -0.05) is 6.07 Å². The minimum Gasteiger partial charge on any atom is -0.436 e. The molecule has 0 spiro atoms. The topological polar surface area (TPSA) is 83.4 Å². The van der Waals surface area contributed by atoms with Crippen LogP contribution in [0, 0.1) is 0 Å². The zero-order valence-electron chi connectivity index (χ0n) is 15.2. The molecule has 4 rings (SSSR count). The Hall–Kier alpha value is -3.19. The SMILES string of the molecule is CO.c1ccc(Nc2ccc(Oc3nccnc3N3CCCC3)cc2)nc1. The predicted molar refractivity (Wildman–Crippen MR) is 106 cm³/mol. The van der Waals surface area contributed by atoms with Crippen LogP contribution in [-0.2, 0) is 0 Å². The molecule has 0 bridgehead atoms. The summed E-state index contributed by atoms with van der Waals surface area (Å²) in [5.74, 6) is 2.90. The van der Waals surface area contributed by atoms with E-state index in [1.807, 2.05) is 42.5 Å². The van der Waals surface area contributed by atoms with Crippen molar-refractivity contribution >= 4 is 17.3 Å². The van der Waals surface area contributed by atoms with Gasteiger partial charge in [-0.15, -0.1) is 0 Å². The van der Waals surface area contributed by atoms with Crippen molar-refractivity contribution in [1.29, 1.82) is 0 Å². The highest BCUT2D eigenvalue weighted by molar-refractivity contribution is 5.57. The Morgan fingerprint density at radius 1 is 0.889 bits per heavy atom. The minimum absolute atomic E-state index is 0.551. The molecule has 3 heterocycles. The molecule has 7 heteroatoms. The summed E-state index contributed by atoms with van der Waals surface area (Å²) in [5.41, 5.74) is 0.949. The second-order valence-electron chi connectivity index (χ2n) is 5.85. The van der Waals surface area contributed by atoms with E-state index in [0.717, 1.165) is 43.3 Å². The number of hydrogen-bond donors (Lipinski definition) is 2. The van der Waals surface area contributed by atoms with Crippen LogP contribution in [0.25, 0.3) is 0 Å². The number of nitrogens with zero attached hydrogens (tertiary/aromatic N) is 4. The molecule has 1 fully saturated rings. The van der Waals surface area contributed by atoms with Crippen molar-refractivity contribution in [1.82, 2.24) is 15.0 Å². The van der Waals surface area contributed by atoms with Gasteiger partial charge in [0.15, 0.2) is 5.82 Å². The van der Waals surface area contributed by atoms with E-state index in [2.05, 4.69) is 25.2 Å². The normalized spacial score (nSPS) is 12.9. The van der Waals surface area contributed by atoms with Crippen molar-refractivity contribution in [2.45, 2.75) is 12.8 Å². The highest BCUT2D eigenvalue weighted by Gasteiger charge is 2.19. The maximum atomic E-state index is 7.00. The molecular formula is C20H23N5O2. The van der Waals surface area contributed by atoms with E-state index in [1.165, 1.54) is 12.8 Å². The summed E-state index contributed by atoms with van der Waals surface area (Å²) in [5, 5.41) is 10.2. The summed E-state index contributed by atoms with van der Waals surface area (Å²) in [6.07, 6.45) is 7.49. The fourth-order valence-electron chi connectivity index (χ4n) is 2.84. The Balaban J connectivity index is 0.00000102. The first-order valence-electron chi connectivity index (χ1n) is 8.85. The first-order chi connectivity index (χ1) is 13.4. The highest BCUT2D eigenvalue weighted by Crippen LogP contribution is 2.30. The van der Waals surface area contributed by atoms with Gasteiger partial charge in [-0.25, -0.2) is 15.0 Å². The first-order valence-corrected chi connectivity index (χ1v) is 8.85. The number of anilines is 3. The fourth-order valence-corrected chi connectivity index (χ4v) is 2.84. The second kappa shape index (κ2) is 9.49. The summed E-state index contributed by atoms with van der Waals surface area (Å²) in [4.78, 5) is 15.3. The van der Waals surface area contributed by atoms with E-state index in [9.17, 15) is 0 Å². The van der Waals surface area contributed by atoms with Crippen LogP contribution in [0.5, 0.6) is 11.6 Å². The van der Waals surface area contributed by atoms with Crippen LogP contribution in [0.15, 0.2) is 61.1 Å². The maximum absolute atomic E-state index is 7.00. The van der Waals surface area contributed by atoms with Crippen molar-refractivity contribution in [3.8, 4) is 11.6 Å². The number of nitrogens with one attached hydrogen (secondary N) is 1.